The molecule has 0 saturated carbocycles. The van der Waals surface area contributed by atoms with Gasteiger partial charge in [0.25, 0.3) is 0 Å². The Morgan fingerprint density at radius 2 is 2.10 bits per heavy atom. The molecule has 1 nitrogen and oxygen atoms in total. The molecule has 0 bridgehead atoms. The van der Waals surface area contributed by atoms with Crippen LogP contribution in [0.5, 0.6) is 0 Å². The first-order chi connectivity index (χ1) is 4.50. The Labute approximate surface area is 60.7 Å². The third kappa shape index (κ3) is 1.43. The largest absolute Gasteiger partial charge is 0.253 e. The van der Waals surface area contributed by atoms with E-state index >= 15 is 0 Å². The van der Waals surface area contributed by atoms with Crippen LogP contribution in [-0.2, 0) is 0 Å². The van der Waals surface area contributed by atoms with Crippen LogP contribution in [-0.4, -0.2) is 12.5 Å². The van der Waals surface area contributed by atoms with Gasteiger partial charge in [-0.25, -0.2) is 0 Å². The van der Waals surface area contributed by atoms with Gasteiger partial charge in [-0.05, 0) is 17.1 Å². The maximum absolute atomic E-state index is 12.4. The maximum atomic E-state index is 12.4. The van der Waals surface area contributed by atoms with Crippen molar-refractivity contribution in [2.75, 3.05) is 6.54 Å². The maximum Gasteiger partial charge on any atom is 0.208 e. The number of nitrogens with zero attached hydrogens (tertiary/aromatic N) is 1. The SMILES string of the molecule is CC(C)(C)C1=CC(F)=NC1. The van der Waals surface area contributed by atoms with Crippen LogP contribution in [0.1, 0.15) is 20.8 Å². The molecule has 0 amide bonds. The molecule has 0 unspecified atom stereocenters. The molecule has 1 aliphatic heterocycles. The molecule has 0 aromatic heterocycles. The fourth-order valence-electron chi connectivity index (χ4n) is 0.849. The molecule has 0 fully saturated rings. The summed E-state index contributed by atoms with van der Waals surface area (Å²) < 4.78 is 12.4. The monoisotopic (exact) mass is 141 g/mol. The quantitative estimate of drug-likeness (QED) is 0.491. The minimum Gasteiger partial charge on any atom is -0.253 e. The second-order valence-corrected chi connectivity index (χ2v) is 3.56. The Morgan fingerprint density at radius 1 is 1.50 bits per heavy atom. The fraction of sp³-hybridized carbons (Fsp3) is 0.625. The van der Waals surface area contributed by atoms with E-state index in [9.17, 15) is 4.39 Å². The van der Waals surface area contributed by atoms with Crippen LogP contribution in [0, 0.1) is 5.41 Å². The Kier molecular flexibility index (Phi) is 1.63. The minimum absolute atomic E-state index is 0.0668. The number of allylic oxidation sites excluding steroid dienone is 1. The molecule has 0 aromatic carbocycles. The third-order valence-electron chi connectivity index (χ3n) is 1.66. The zero-order valence-electron chi connectivity index (χ0n) is 6.61. The van der Waals surface area contributed by atoms with Crippen LogP contribution in [0.25, 0.3) is 0 Å². The van der Waals surface area contributed by atoms with Crippen molar-refractivity contribution in [2.45, 2.75) is 20.8 Å². The summed E-state index contributed by atoms with van der Waals surface area (Å²) >= 11 is 0. The lowest BCUT2D eigenvalue weighted by Gasteiger charge is -2.18. The lowest BCUT2D eigenvalue weighted by Crippen LogP contribution is -2.09. The highest BCUT2D eigenvalue weighted by molar-refractivity contribution is 5.89. The van der Waals surface area contributed by atoms with Crippen LogP contribution in [0.2, 0.25) is 0 Å². The zero-order valence-corrected chi connectivity index (χ0v) is 6.61. The Bertz CT molecular complexity index is 196. The van der Waals surface area contributed by atoms with Gasteiger partial charge in [-0.1, -0.05) is 20.8 Å². The second kappa shape index (κ2) is 2.19. The van der Waals surface area contributed by atoms with Gasteiger partial charge in [0, 0.05) is 0 Å². The molecule has 2 heteroatoms. The predicted molar refractivity (Wildman–Crippen MR) is 40.9 cm³/mol. The van der Waals surface area contributed by atoms with Crippen molar-refractivity contribution in [3.05, 3.63) is 11.6 Å². The van der Waals surface area contributed by atoms with E-state index in [4.69, 9.17) is 0 Å². The summed E-state index contributed by atoms with van der Waals surface area (Å²) in [5, 5.41) is 0. The van der Waals surface area contributed by atoms with Gasteiger partial charge in [0.1, 0.15) is 0 Å². The van der Waals surface area contributed by atoms with Crippen molar-refractivity contribution >= 4 is 5.97 Å². The molecule has 0 N–H and O–H groups in total. The average Bonchev–Trinajstić information content (AvgIpc) is 2.11. The summed E-state index contributed by atoms with van der Waals surface area (Å²) in [6.45, 7) is 6.72. The number of hydrogen-bond donors (Lipinski definition) is 0. The summed E-state index contributed by atoms with van der Waals surface area (Å²) in [5.41, 5.74) is 1.14. The Hall–Kier alpha value is -0.660. The first kappa shape index (κ1) is 7.45. The van der Waals surface area contributed by atoms with Crippen LogP contribution in [0.4, 0.5) is 4.39 Å². The molecular formula is C8H12FN. The highest BCUT2D eigenvalue weighted by Gasteiger charge is 2.20. The van der Waals surface area contributed by atoms with Gasteiger partial charge in [0.2, 0.25) is 5.97 Å². The van der Waals surface area contributed by atoms with Crippen LogP contribution < -0.4 is 0 Å². The Morgan fingerprint density at radius 3 is 2.30 bits per heavy atom. The van der Waals surface area contributed by atoms with E-state index < -0.39 is 0 Å². The predicted octanol–water partition coefficient (Wildman–Crippen LogP) is 2.34. The summed E-state index contributed by atoms with van der Waals surface area (Å²) in [4.78, 5) is 3.64. The number of aliphatic imine (C=N–C) groups is 1. The highest BCUT2D eigenvalue weighted by Crippen LogP contribution is 2.27. The molecule has 0 spiro atoms. The van der Waals surface area contributed by atoms with E-state index in [-0.39, 0.29) is 11.4 Å². The normalized spacial score (nSPS) is 18.8. The third-order valence-corrected chi connectivity index (χ3v) is 1.66. The Balaban J connectivity index is 2.73. The summed E-state index contributed by atoms with van der Waals surface area (Å²) in [7, 11) is 0. The standard InChI is InChI=1S/C8H12FN/c1-8(2,3)6-4-7(9)10-5-6/h4H,5H2,1-3H3. The van der Waals surface area contributed by atoms with Crippen LogP contribution in [0.15, 0.2) is 16.6 Å². The topological polar surface area (TPSA) is 12.4 Å². The van der Waals surface area contributed by atoms with Crippen molar-refractivity contribution < 1.29 is 4.39 Å². The highest BCUT2D eigenvalue weighted by atomic mass is 19.1. The molecule has 0 aromatic rings. The minimum atomic E-state index is -0.329. The molecule has 1 aliphatic rings. The van der Waals surface area contributed by atoms with E-state index in [1.165, 1.54) is 6.08 Å². The molecule has 0 radical (unpaired) electrons. The van der Waals surface area contributed by atoms with E-state index in [0.717, 1.165) is 5.57 Å². The average molecular weight is 141 g/mol. The smallest absolute Gasteiger partial charge is 0.208 e. The van der Waals surface area contributed by atoms with Gasteiger partial charge < -0.3 is 0 Å². The molecule has 1 rings (SSSR count). The second-order valence-electron chi connectivity index (χ2n) is 3.56. The molecule has 1 heterocycles. The number of halogens is 1. The van der Waals surface area contributed by atoms with Crippen molar-refractivity contribution in [3.8, 4) is 0 Å². The van der Waals surface area contributed by atoms with E-state index in [2.05, 4.69) is 25.8 Å². The van der Waals surface area contributed by atoms with Gasteiger partial charge in [-0.2, -0.15) is 4.39 Å². The van der Waals surface area contributed by atoms with Crippen molar-refractivity contribution in [3.63, 3.8) is 0 Å². The van der Waals surface area contributed by atoms with Gasteiger partial charge in [0.05, 0.1) is 6.54 Å². The molecule has 0 saturated heterocycles. The van der Waals surface area contributed by atoms with Gasteiger partial charge in [0.15, 0.2) is 0 Å². The summed E-state index contributed by atoms with van der Waals surface area (Å²) in [6, 6.07) is 0. The van der Waals surface area contributed by atoms with Crippen molar-refractivity contribution in [1.29, 1.82) is 0 Å². The van der Waals surface area contributed by atoms with E-state index in [0.29, 0.717) is 6.54 Å². The van der Waals surface area contributed by atoms with Gasteiger partial charge in [-0.15, -0.1) is 0 Å². The van der Waals surface area contributed by atoms with Crippen LogP contribution in [0.3, 0.4) is 0 Å². The first-order valence-corrected chi connectivity index (χ1v) is 3.41. The van der Waals surface area contributed by atoms with Crippen molar-refractivity contribution in [2.24, 2.45) is 10.4 Å². The lowest BCUT2D eigenvalue weighted by molar-refractivity contribution is 0.499. The fourth-order valence-corrected chi connectivity index (χ4v) is 0.849. The first-order valence-electron chi connectivity index (χ1n) is 3.41. The van der Waals surface area contributed by atoms with Crippen molar-refractivity contribution in [1.82, 2.24) is 0 Å². The molecule has 56 valence electrons. The lowest BCUT2D eigenvalue weighted by atomic mass is 9.87. The zero-order chi connectivity index (χ0) is 7.78. The summed E-state index contributed by atoms with van der Waals surface area (Å²) in [5.74, 6) is -0.329. The molecule has 0 atom stereocenters. The number of rotatable bonds is 0. The molecular weight excluding hydrogens is 129 g/mol. The molecule has 10 heavy (non-hydrogen) atoms. The molecule has 0 aliphatic carbocycles. The van der Waals surface area contributed by atoms with E-state index in [1.54, 1.807) is 0 Å². The van der Waals surface area contributed by atoms with Crippen LogP contribution >= 0.6 is 0 Å². The van der Waals surface area contributed by atoms with Gasteiger partial charge >= 0.3 is 0 Å². The van der Waals surface area contributed by atoms with Gasteiger partial charge in [-0.3, -0.25) is 4.99 Å². The van der Waals surface area contributed by atoms with E-state index in [1.807, 2.05) is 0 Å². The summed E-state index contributed by atoms with van der Waals surface area (Å²) in [6.07, 6.45) is 1.53. The number of hydrogen-bond acceptors (Lipinski definition) is 1.